The van der Waals surface area contributed by atoms with Gasteiger partial charge in [-0.3, -0.25) is 9.78 Å². The lowest BCUT2D eigenvalue weighted by atomic mass is 9.93. The lowest BCUT2D eigenvalue weighted by Crippen LogP contribution is -2.43. The van der Waals surface area contributed by atoms with Crippen LogP contribution in [0.15, 0.2) is 79.1 Å². The molecule has 4 rings (SSSR count). The molecule has 0 amide bonds. The standard InChI is InChI=1S/C29H35N3O5S/c1-36-29(33)28(31-38(34,35)22-25-5-3-2-4-6-25)21-24-7-9-27(10-8-24)37-20-15-23-13-18-32(19-14-23)26-11-16-30-17-12-26/h2-12,16-17,23,28,31H,13-15,18-22H2,1H3. The summed E-state index contributed by atoms with van der Waals surface area (Å²) in [4.78, 5) is 18.8. The van der Waals surface area contributed by atoms with E-state index in [0.717, 1.165) is 43.7 Å². The average Bonchev–Trinajstić information content (AvgIpc) is 2.94. The van der Waals surface area contributed by atoms with Gasteiger partial charge in [0.25, 0.3) is 0 Å². The highest BCUT2D eigenvalue weighted by molar-refractivity contribution is 7.88. The van der Waals surface area contributed by atoms with Gasteiger partial charge in [-0.1, -0.05) is 42.5 Å². The molecular weight excluding hydrogens is 502 g/mol. The van der Waals surface area contributed by atoms with Gasteiger partial charge < -0.3 is 14.4 Å². The topological polar surface area (TPSA) is 97.8 Å². The highest BCUT2D eigenvalue weighted by Gasteiger charge is 2.26. The van der Waals surface area contributed by atoms with Crippen molar-refractivity contribution in [2.45, 2.75) is 37.5 Å². The van der Waals surface area contributed by atoms with Crippen molar-refractivity contribution in [2.24, 2.45) is 5.92 Å². The monoisotopic (exact) mass is 537 g/mol. The number of nitrogens with one attached hydrogen (secondary N) is 1. The number of piperidine rings is 1. The minimum absolute atomic E-state index is 0.178. The largest absolute Gasteiger partial charge is 0.494 e. The lowest BCUT2D eigenvalue weighted by Gasteiger charge is -2.33. The van der Waals surface area contributed by atoms with Crippen molar-refractivity contribution in [1.82, 2.24) is 9.71 Å². The predicted molar refractivity (Wildman–Crippen MR) is 147 cm³/mol. The molecule has 202 valence electrons. The summed E-state index contributed by atoms with van der Waals surface area (Å²) in [6.45, 7) is 2.73. The Morgan fingerprint density at radius 1 is 1.00 bits per heavy atom. The summed E-state index contributed by atoms with van der Waals surface area (Å²) in [7, 11) is -2.49. The van der Waals surface area contributed by atoms with E-state index in [1.54, 1.807) is 24.3 Å². The second-order valence-corrected chi connectivity index (χ2v) is 11.3. The number of carbonyl (C=O) groups excluding carboxylic acids is 1. The second kappa shape index (κ2) is 13.4. The number of methoxy groups -OCH3 is 1. The van der Waals surface area contributed by atoms with E-state index < -0.39 is 22.0 Å². The maximum absolute atomic E-state index is 12.7. The Balaban J connectivity index is 1.24. The molecule has 1 aromatic heterocycles. The molecule has 1 fully saturated rings. The molecule has 0 radical (unpaired) electrons. The van der Waals surface area contributed by atoms with Crippen molar-refractivity contribution in [3.05, 3.63) is 90.3 Å². The Hall–Kier alpha value is -3.43. The molecule has 0 saturated carbocycles. The molecular formula is C29H35N3O5S. The van der Waals surface area contributed by atoms with Crippen molar-refractivity contribution >= 4 is 21.7 Å². The van der Waals surface area contributed by atoms with E-state index in [-0.39, 0.29) is 12.2 Å². The number of esters is 1. The van der Waals surface area contributed by atoms with Crippen LogP contribution in [0.1, 0.15) is 30.4 Å². The first kappa shape index (κ1) is 27.6. The van der Waals surface area contributed by atoms with Gasteiger partial charge in [-0.05, 0) is 67.0 Å². The van der Waals surface area contributed by atoms with Crippen molar-refractivity contribution in [2.75, 3.05) is 31.7 Å². The number of aromatic nitrogens is 1. The van der Waals surface area contributed by atoms with Crippen LogP contribution in [0, 0.1) is 5.92 Å². The Kier molecular flexibility index (Phi) is 9.73. The number of hydrogen-bond acceptors (Lipinski definition) is 7. The highest BCUT2D eigenvalue weighted by Crippen LogP contribution is 2.25. The number of sulfonamides is 1. The molecule has 0 aliphatic carbocycles. The smallest absolute Gasteiger partial charge is 0.324 e. The molecule has 8 nitrogen and oxygen atoms in total. The fourth-order valence-corrected chi connectivity index (χ4v) is 6.03. The van der Waals surface area contributed by atoms with Crippen LogP contribution in [0.4, 0.5) is 5.69 Å². The van der Waals surface area contributed by atoms with E-state index in [2.05, 4.69) is 26.7 Å². The van der Waals surface area contributed by atoms with Gasteiger partial charge in [0.05, 0.1) is 19.5 Å². The van der Waals surface area contributed by atoms with Gasteiger partial charge in [-0.25, -0.2) is 13.1 Å². The van der Waals surface area contributed by atoms with Crippen molar-refractivity contribution in [3.63, 3.8) is 0 Å². The first-order chi connectivity index (χ1) is 18.4. The Morgan fingerprint density at radius 3 is 2.34 bits per heavy atom. The van der Waals surface area contributed by atoms with Crippen LogP contribution in [0.2, 0.25) is 0 Å². The van der Waals surface area contributed by atoms with Gasteiger partial charge in [-0.15, -0.1) is 0 Å². The molecule has 2 aromatic carbocycles. The SMILES string of the molecule is COC(=O)C(Cc1ccc(OCCC2CCN(c3ccncc3)CC2)cc1)NS(=O)(=O)Cc1ccccc1. The number of hydrogen-bond donors (Lipinski definition) is 1. The molecule has 0 bridgehead atoms. The van der Waals surface area contributed by atoms with Crippen molar-refractivity contribution in [3.8, 4) is 5.75 Å². The zero-order valence-electron chi connectivity index (χ0n) is 21.7. The molecule has 1 N–H and O–H groups in total. The number of ether oxygens (including phenoxy) is 2. The van der Waals surface area contributed by atoms with Gasteiger partial charge in [0.2, 0.25) is 10.0 Å². The molecule has 38 heavy (non-hydrogen) atoms. The molecule has 1 atom stereocenters. The minimum atomic E-state index is -3.74. The molecule has 9 heteroatoms. The average molecular weight is 538 g/mol. The highest BCUT2D eigenvalue weighted by atomic mass is 32.2. The summed E-state index contributed by atoms with van der Waals surface area (Å²) >= 11 is 0. The van der Waals surface area contributed by atoms with E-state index in [9.17, 15) is 13.2 Å². The fraction of sp³-hybridized carbons (Fsp3) is 0.379. The normalized spacial score (nSPS) is 15.1. The van der Waals surface area contributed by atoms with Crippen LogP contribution < -0.4 is 14.4 Å². The third-order valence-corrected chi connectivity index (χ3v) is 8.16. The quantitative estimate of drug-likeness (QED) is 0.349. The van der Waals surface area contributed by atoms with E-state index in [1.807, 2.05) is 42.7 Å². The summed E-state index contributed by atoms with van der Waals surface area (Å²) in [5, 5.41) is 0. The maximum atomic E-state index is 12.7. The molecule has 1 aliphatic heterocycles. The van der Waals surface area contributed by atoms with Crippen molar-refractivity contribution in [1.29, 1.82) is 0 Å². The van der Waals surface area contributed by atoms with E-state index >= 15 is 0 Å². The number of nitrogens with zero attached hydrogens (tertiary/aromatic N) is 2. The molecule has 3 aromatic rings. The zero-order valence-corrected chi connectivity index (χ0v) is 22.5. The van der Waals surface area contributed by atoms with Gasteiger partial charge in [-0.2, -0.15) is 0 Å². The third kappa shape index (κ3) is 8.29. The number of pyridine rings is 1. The molecule has 0 spiro atoms. The van der Waals surface area contributed by atoms with Gasteiger partial charge >= 0.3 is 5.97 Å². The zero-order chi connectivity index (χ0) is 26.8. The Bertz CT molecular complexity index is 1250. The van der Waals surface area contributed by atoms with E-state index in [0.29, 0.717) is 18.1 Å². The van der Waals surface area contributed by atoms with E-state index in [4.69, 9.17) is 9.47 Å². The Morgan fingerprint density at radius 2 is 1.68 bits per heavy atom. The van der Waals surface area contributed by atoms with Crippen LogP contribution in [-0.2, 0) is 31.7 Å². The van der Waals surface area contributed by atoms with Crippen LogP contribution >= 0.6 is 0 Å². The van der Waals surface area contributed by atoms with Crippen LogP contribution in [-0.4, -0.2) is 52.2 Å². The first-order valence-electron chi connectivity index (χ1n) is 12.9. The second-order valence-electron chi connectivity index (χ2n) is 9.56. The molecule has 1 saturated heterocycles. The summed E-state index contributed by atoms with van der Waals surface area (Å²) in [5.74, 6) is 0.549. The summed E-state index contributed by atoms with van der Waals surface area (Å²) in [6.07, 6.45) is 7.12. The summed E-state index contributed by atoms with van der Waals surface area (Å²) in [5.41, 5.74) is 2.68. The molecule has 1 unspecified atom stereocenters. The number of rotatable bonds is 12. The number of anilines is 1. The predicted octanol–water partition coefficient (Wildman–Crippen LogP) is 3.97. The Labute approximate surface area is 225 Å². The van der Waals surface area contributed by atoms with Crippen LogP contribution in [0.5, 0.6) is 5.75 Å². The fourth-order valence-electron chi connectivity index (χ4n) is 4.70. The third-order valence-electron chi connectivity index (χ3n) is 6.81. The minimum Gasteiger partial charge on any atom is -0.494 e. The van der Waals surface area contributed by atoms with Gasteiger partial charge in [0.1, 0.15) is 11.8 Å². The molecule has 1 aliphatic rings. The van der Waals surface area contributed by atoms with E-state index in [1.165, 1.54) is 12.8 Å². The van der Waals surface area contributed by atoms with Crippen molar-refractivity contribution < 1.29 is 22.7 Å². The summed E-state index contributed by atoms with van der Waals surface area (Å²) < 4.78 is 38.7. The summed E-state index contributed by atoms with van der Waals surface area (Å²) in [6, 6.07) is 19.3. The van der Waals surface area contributed by atoms with Crippen LogP contribution in [0.3, 0.4) is 0 Å². The number of carbonyl (C=O) groups is 1. The van der Waals surface area contributed by atoms with Gasteiger partial charge in [0.15, 0.2) is 0 Å². The lowest BCUT2D eigenvalue weighted by molar-refractivity contribution is -0.142. The molecule has 2 heterocycles. The van der Waals surface area contributed by atoms with Gasteiger partial charge in [0, 0.05) is 31.2 Å². The number of benzene rings is 2. The van der Waals surface area contributed by atoms with Crippen LogP contribution in [0.25, 0.3) is 0 Å². The first-order valence-corrected chi connectivity index (χ1v) is 14.6. The maximum Gasteiger partial charge on any atom is 0.324 e.